The molecule has 0 atom stereocenters. The van der Waals surface area contributed by atoms with Crippen molar-refractivity contribution in [3.8, 4) is 6.07 Å². The Morgan fingerprint density at radius 1 is 1.37 bits per heavy atom. The fraction of sp³-hybridized carbons (Fsp3) is 0.222. The lowest BCUT2D eigenvalue weighted by Crippen LogP contribution is -2.05. The summed E-state index contributed by atoms with van der Waals surface area (Å²) in [4.78, 5) is -1.39. The second kappa shape index (κ2) is 5.79. The standard InChI is InChI=1S/C9H4Cl2F3NO2S2/c10-3-6-1-5(4-15)2-7(18-9(12,13)14)8(6)19(11,16)17/h1-2H,3H2. The molecule has 3 nitrogen and oxygen atoms in total. The largest absolute Gasteiger partial charge is 0.446 e. The van der Waals surface area contributed by atoms with Gasteiger partial charge in [0.1, 0.15) is 4.90 Å². The summed E-state index contributed by atoms with van der Waals surface area (Å²) in [7, 11) is 0.706. The van der Waals surface area contributed by atoms with E-state index in [0.29, 0.717) is 0 Å². The van der Waals surface area contributed by atoms with Gasteiger partial charge in [0, 0.05) is 21.5 Å². The van der Waals surface area contributed by atoms with Crippen LogP contribution in [-0.2, 0) is 14.9 Å². The molecular formula is C9H4Cl2F3NO2S2. The third-order valence-electron chi connectivity index (χ3n) is 1.87. The molecule has 0 aliphatic rings. The Bertz CT molecular complexity index is 638. The Morgan fingerprint density at radius 2 is 1.95 bits per heavy atom. The molecule has 0 saturated heterocycles. The first-order valence-electron chi connectivity index (χ1n) is 4.42. The molecule has 0 radical (unpaired) electrons. The summed E-state index contributed by atoms with van der Waals surface area (Å²) >= 11 is 4.83. The van der Waals surface area contributed by atoms with Crippen LogP contribution in [0.2, 0.25) is 0 Å². The SMILES string of the molecule is N#Cc1cc(CCl)c(S(=O)(=O)Cl)c(SC(F)(F)F)c1. The van der Waals surface area contributed by atoms with Crippen LogP contribution in [0.3, 0.4) is 0 Å². The highest BCUT2D eigenvalue weighted by atomic mass is 35.7. The van der Waals surface area contributed by atoms with Gasteiger partial charge in [-0.1, -0.05) is 0 Å². The zero-order chi connectivity index (χ0) is 14.8. The van der Waals surface area contributed by atoms with Gasteiger partial charge >= 0.3 is 5.51 Å². The Hall–Kier alpha value is -0.620. The number of alkyl halides is 4. The fourth-order valence-corrected chi connectivity index (χ4v) is 4.13. The lowest BCUT2D eigenvalue weighted by molar-refractivity contribution is -0.0328. The molecule has 0 aliphatic heterocycles. The molecule has 19 heavy (non-hydrogen) atoms. The van der Waals surface area contributed by atoms with Crippen LogP contribution in [0.5, 0.6) is 0 Å². The summed E-state index contributed by atoms with van der Waals surface area (Å²) < 4.78 is 59.9. The molecule has 1 aromatic rings. The van der Waals surface area contributed by atoms with Gasteiger partial charge in [0.25, 0.3) is 9.05 Å². The average molecular weight is 350 g/mol. The molecule has 0 saturated carbocycles. The summed E-state index contributed by atoms with van der Waals surface area (Å²) in [6, 6.07) is 3.52. The zero-order valence-corrected chi connectivity index (χ0v) is 12.0. The molecule has 1 aromatic carbocycles. The van der Waals surface area contributed by atoms with Crippen molar-refractivity contribution in [1.29, 1.82) is 5.26 Å². The van der Waals surface area contributed by atoms with E-state index in [1.165, 1.54) is 0 Å². The third-order valence-corrected chi connectivity index (χ3v) is 4.50. The van der Waals surface area contributed by atoms with Crippen molar-refractivity contribution in [3.63, 3.8) is 0 Å². The van der Waals surface area contributed by atoms with Crippen LogP contribution in [0.25, 0.3) is 0 Å². The van der Waals surface area contributed by atoms with E-state index in [0.717, 1.165) is 12.1 Å². The highest BCUT2D eigenvalue weighted by Gasteiger charge is 2.33. The molecule has 0 spiro atoms. The lowest BCUT2D eigenvalue weighted by Gasteiger charge is -2.12. The maximum Gasteiger partial charge on any atom is 0.446 e. The fourth-order valence-electron chi connectivity index (χ4n) is 1.30. The number of thioether (sulfide) groups is 1. The summed E-state index contributed by atoms with van der Waals surface area (Å²) in [5.74, 6) is -0.387. The molecular weight excluding hydrogens is 346 g/mol. The maximum absolute atomic E-state index is 12.4. The predicted molar refractivity (Wildman–Crippen MR) is 65.7 cm³/mol. The van der Waals surface area contributed by atoms with Crippen molar-refractivity contribution < 1.29 is 21.6 Å². The topological polar surface area (TPSA) is 57.9 Å². The van der Waals surface area contributed by atoms with Crippen molar-refractivity contribution in [2.45, 2.75) is 21.2 Å². The van der Waals surface area contributed by atoms with E-state index in [9.17, 15) is 21.6 Å². The predicted octanol–water partition coefficient (Wildman–Crippen LogP) is 3.84. The summed E-state index contributed by atoms with van der Waals surface area (Å²) in [6.45, 7) is 0. The smallest absolute Gasteiger partial charge is 0.207 e. The Labute approximate surface area is 120 Å². The molecule has 0 N–H and O–H groups in total. The van der Waals surface area contributed by atoms with E-state index in [4.69, 9.17) is 27.5 Å². The lowest BCUT2D eigenvalue weighted by atomic mass is 10.1. The molecule has 0 aromatic heterocycles. The van der Waals surface area contributed by atoms with E-state index < -0.39 is 36.1 Å². The first kappa shape index (κ1) is 16.4. The van der Waals surface area contributed by atoms with E-state index >= 15 is 0 Å². The monoisotopic (exact) mass is 349 g/mol. The molecule has 104 valence electrons. The van der Waals surface area contributed by atoms with E-state index in [1.807, 2.05) is 0 Å². The second-order valence-electron chi connectivity index (χ2n) is 3.19. The van der Waals surface area contributed by atoms with Crippen LogP contribution in [0.15, 0.2) is 21.9 Å². The van der Waals surface area contributed by atoms with Crippen molar-refractivity contribution in [2.24, 2.45) is 0 Å². The number of nitriles is 1. The Kier molecular flexibility index (Phi) is 5.01. The Morgan fingerprint density at radius 3 is 2.32 bits per heavy atom. The second-order valence-corrected chi connectivity index (χ2v) is 7.07. The minimum Gasteiger partial charge on any atom is -0.207 e. The molecule has 0 bridgehead atoms. The zero-order valence-electron chi connectivity index (χ0n) is 8.83. The summed E-state index contributed by atoms with van der Waals surface area (Å²) in [5, 5.41) is 8.71. The summed E-state index contributed by atoms with van der Waals surface area (Å²) in [5.41, 5.74) is -5.00. The van der Waals surface area contributed by atoms with Crippen molar-refractivity contribution >= 4 is 43.1 Å². The van der Waals surface area contributed by atoms with Crippen molar-refractivity contribution in [1.82, 2.24) is 0 Å². The highest BCUT2D eigenvalue weighted by molar-refractivity contribution is 8.14. The normalized spacial score (nSPS) is 12.2. The molecule has 0 unspecified atom stereocenters. The summed E-state index contributed by atoms with van der Waals surface area (Å²) in [6.07, 6.45) is 0. The molecule has 0 aliphatic carbocycles. The van der Waals surface area contributed by atoms with Gasteiger partial charge in [0.2, 0.25) is 0 Å². The number of halogens is 5. The van der Waals surface area contributed by atoms with Gasteiger partial charge in [-0.3, -0.25) is 0 Å². The molecule has 0 heterocycles. The minimum absolute atomic E-state index is 0.133. The van der Waals surface area contributed by atoms with Gasteiger partial charge in [-0.25, -0.2) is 8.42 Å². The first-order valence-corrected chi connectivity index (χ1v) is 8.08. The molecule has 0 fully saturated rings. The number of hydrogen-bond acceptors (Lipinski definition) is 4. The van der Waals surface area contributed by atoms with Crippen LogP contribution in [0.4, 0.5) is 13.2 Å². The van der Waals surface area contributed by atoms with E-state index in [1.54, 1.807) is 6.07 Å². The van der Waals surface area contributed by atoms with Crippen LogP contribution in [-0.4, -0.2) is 13.9 Å². The van der Waals surface area contributed by atoms with Gasteiger partial charge in [-0.05, 0) is 29.5 Å². The van der Waals surface area contributed by atoms with Crippen molar-refractivity contribution in [3.05, 3.63) is 23.3 Å². The van der Waals surface area contributed by atoms with Gasteiger partial charge in [0.05, 0.1) is 11.6 Å². The quantitative estimate of drug-likeness (QED) is 0.472. The number of benzene rings is 1. The number of nitrogens with zero attached hydrogens (tertiary/aromatic N) is 1. The van der Waals surface area contributed by atoms with Crippen molar-refractivity contribution in [2.75, 3.05) is 0 Å². The third kappa shape index (κ3) is 4.45. The molecule has 10 heteroatoms. The van der Waals surface area contributed by atoms with Crippen LogP contribution < -0.4 is 0 Å². The Balaban J connectivity index is 3.62. The van der Waals surface area contributed by atoms with Crippen LogP contribution in [0, 0.1) is 11.3 Å². The van der Waals surface area contributed by atoms with E-state index in [2.05, 4.69) is 0 Å². The number of rotatable bonds is 3. The van der Waals surface area contributed by atoms with Gasteiger partial charge in [-0.2, -0.15) is 18.4 Å². The number of hydrogen-bond donors (Lipinski definition) is 0. The minimum atomic E-state index is -4.71. The van der Waals surface area contributed by atoms with Gasteiger partial charge in [0.15, 0.2) is 0 Å². The highest BCUT2D eigenvalue weighted by Crippen LogP contribution is 2.42. The van der Waals surface area contributed by atoms with E-state index in [-0.39, 0.29) is 17.0 Å². The maximum atomic E-state index is 12.4. The molecule has 1 rings (SSSR count). The average Bonchev–Trinajstić information content (AvgIpc) is 2.23. The van der Waals surface area contributed by atoms with Gasteiger partial charge in [-0.15, -0.1) is 11.6 Å². The van der Waals surface area contributed by atoms with Crippen LogP contribution in [0.1, 0.15) is 11.1 Å². The van der Waals surface area contributed by atoms with Crippen LogP contribution >= 0.6 is 34.0 Å². The van der Waals surface area contributed by atoms with Gasteiger partial charge < -0.3 is 0 Å². The molecule has 0 amide bonds. The first-order chi connectivity index (χ1) is 8.58.